The van der Waals surface area contributed by atoms with Gasteiger partial charge in [0.25, 0.3) is 0 Å². The molecule has 0 aliphatic carbocycles. The first-order chi connectivity index (χ1) is 14.3. The Morgan fingerprint density at radius 3 is 2.32 bits per heavy atom. The summed E-state index contributed by atoms with van der Waals surface area (Å²) < 4.78 is 105. The molecule has 4 rings (SSSR count). The Morgan fingerprint density at radius 2 is 1.68 bits per heavy atom. The van der Waals surface area contributed by atoms with Gasteiger partial charge in [0.1, 0.15) is 21.6 Å². The number of aromatic nitrogens is 5. The minimum Gasteiger partial charge on any atom is -0.294 e. The molecule has 31 heavy (non-hydrogen) atoms. The summed E-state index contributed by atoms with van der Waals surface area (Å²) >= 11 is 1.79. The highest BCUT2D eigenvalue weighted by atomic mass is 127. The summed E-state index contributed by atoms with van der Waals surface area (Å²) in [6.45, 7) is -1.72. The van der Waals surface area contributed by atoms with Gasteiger partial charge < -0.3 is 0 Å². The molecular formula is C17H8F8IN5. The van der Waals surface area contributed by atoms with Crippen molar-refractivity contribution in [2.45, 2.75) is 24.8 Å². The van der Waals surface area contributed by atoms with E-state index in [4.69, 9.17) is 0 Å². The van der Waals surface area contributed by atoms with Crippen molar-refractivity contribution in [2.24, 2.45) is 0 Å². The average Bonchev–Trinajstić information content (AvgIpc) is 3.20. The van der Waals surface area contributed by atoms with Crippen molar-refractivity contribution in [1.82, 2.24) is 24.1 Å². The molecule has 0 N–H and O–H groups in total. The molecule has 0 aliphatic heterocycles. The van der Waals surface area contributed by atoms with Gasteiger partial charge in [0.2, 0.25) is 0 Å². The molecular weight excluding hydrogens is 553 g/mol. The van der Waals surface area contributed by atoms with Crippen LogP contribution in [0.3, 0.4) is 0 Å². The van der Waals surface area contributed by atoms with E-state index in [9.17, 15) is 35.1 Å². The Bertz CT molecular complexity index is 1290. The Balaban J connectivity index is 1.74. The van der Waals surface area contributed by atoms with E-state index in [2.05, 4.69) is 15.1 Å². The number of hydrogen-bond acceptors (Lipinski definition) is 3. The lowest BCUT2D eigenvalue weighted by Crippen LogP contribution is -2.40. The molecule has 4 heterocycles. The average molecular weight is 561 g/mol. The van der Waals surface area contributed by atoms with E-state index in [1.807, 2.05) is 0 Å². The smallest absolute Gasteiger partial charge is 0.294 e. The highest BCUT2D eigenvalue weighted by molar-refractivity contribution is 14.1. The van der Waals surface area contributed by atoms with Crippen molar-refractivity contribution in [3.63, 3.8) is 0 Å². The largest absolute Gasteiger partial charge is 0.455 e. The summed E-state index contributed by atoms with van der Waals surface area (Å²) in [5, 5.41) is 3.79. The maximum absolute atomic E-state index is 13.4. The Labute approximate surface area is 180 Å². The summed E-state index contributed by atoms with van der Waals surface area (Å²) in [5.41, 5.74) is -0.316. The maximum atomic E-state index is 13.4. The van der Waals surface area contributed by atoms with Crippen LogP contribution in [-0.2, 0) is 12.7 Å². The number of halogens is 9. The van der Waals surface area contributed by atoms with Crippen molar-refractivity contribution in [1.29, 1.82) is 0 Å². The summed E-state index contributed by atoms with van der Waals surface area (Å²) in [7, 11) is 0. The predicted molar refractivity (Wildman–Crippen MR) is 100 cm³/mol. The van der Waals surface area contributed by atoms with Crippen LogP contribution in [0.1, 0.15) is 5.56 Å². The predicted octanol–water partition coefficient (Wildman–Crippen LogP) is 5.57. The monoisotopic (exact) mass is 561 g/mol. The molecule has 0 aliphatic rings. The quantitative estimate of drug-likeness (QED) is 0.243. The molecule has 0 bridgehead atoms. The zero-order valence-electron chi connectivity index (χ0n) is 14.8. The third-order valence-electron chi connectivity index (χ3n) is 4.42. The third-order valence-corrected chi connectivity index (χ3v) is 5.45. The second-order valence-electron chi connectivity index (χ2n) is 6.53. The van der Waals surface area contributed by atoms with Crippen molar-refractivity contribution < 1.29 is 35.1 Å². The summed E-state index contributed by atoms with van der Waals surface area (Å²) in [6.07, 6.45) is -7.25. The zero-order chi connectivity index (χ0) is 22.8. The van der Waals surface area contributed by atoms with Crippen LogP contribution in [0.4, 0.5) is 35.1 Å². The number of nitrogens with zero attached hydrogens (tertiary/aromatic N) is 5. The lowest BCUT2D eigenvalue weighted by atomic mass is 10.2. The molecule has 4 aromatic rings. The molecule has 5 nitrogen and oxygen atoms in total. The number of fused-ring (bicyclic) bond motifs is 2. The lowest BCUT2D eigenvalue weighted by molar-refractivity contribution is -0.287. The normalized spacial score (nSPS) is 13.5. The van der Waals surface area contributed by atoms with Crippen molar-refractivity contribution in [2.75, 3.05) is 0 Å². The molecule has 0 amide bonds. The lowest BCUT2D eigenvalue weighted by Gasteiger charge is -2.19. The zero-order valence-corrected chi connectivity index (χ0v) is 17.0. The number of imidazole rings is 1. The Kier molecular flexibility index (Phi) is 4.90. The molecule has 14 heteroatoms. The fraction of sp³-hybridized carbons (Fsp3) is 0.235. The van der Waals surface area contributed by atoms with Crippen molar-refractivity contribution >= 4 is 39.1 Å². The van der Waals surface area contributed by atoms with Gasteiger partial charge in [0.15, 0.2) is 0 Å². The Morgan fingerprint density at radius 1 is 0.968 bits per heavy atom. The van der Waals surface area contributed by atoms with Crippen LogP contribution in [0.2, 0.25) is 0 Å². The minimum absolute atomic E-state index is 0.0641. The van der Waals surface area contributed by atoms with Gasteiger partial charge in [-0.25, -0.2) is 4.98 Å². The van der Waals surface area contributed by atoms with Gasteiger partial charge in [0, 0.05) is 11.6 Å². The van der Waals surface area contributed by atoms with Gasteiger partial charge in [-0.1, -0.05) is 0 Å². The van der Waals surface area contributed by atoms with Crippen LogP contribution >= 0.6 is 22.6 Å². The Hall–Kier alpha value is -2.52. The summed E-state index contributed by atoms with van der Waals surface area (Å²) in [4.78, 5) is 8.28. The van der Waals surface area contributed by atoms with Gasteiger partial charge in [-0.3, -0.25) is 14.1 Å². The third kappa shape index (κ3) is 3.80. The van der Waals surface area contributed by atoms with Gasteiger partial charge >= 0.3 is 18.3 Å². The van der Waals surface area contributed by atoms with Crippen LogP contribution in [0.25, 0.3) is 27.9 Å². The van der Waals surface area contributed by atoms with Crippen molar-refractivity contribution in [3.8, 4) is 11.4 Å². The minimum atomic E-state index is -5.74. The number of hydrogen-bond donors (Lipinski definition) is 0. The molecule has 0 unspecified atom stereocenters. The molecule has 0 radical (unpaired) electrons. The number of pyridine rings is 2. The molecule has 0 fully saturated rings. The molecule has 4 aromatic heterocycles. The topological polar surface area (TPSA) is 48.0 Å². The molecule has 0 spiro atoms. The van der Waals surface area contributed by atoms with Gasteiger partial charge in [-0.15, -0.1) is 0 Å². The number of alkyl halides is 8. The molecule has 0 atom stereocenters. The van der Waals surface area contributed by atoms with Crippen LogP contribution in [0.5, 0.6) is 0 Å². The fourth-order valence-corrected chi connectivity index (χ4v) is 3.64. The fourth-order valence-electron chi connectivity index (χ4n) is 2.86. The van der Waals surface area contributed by atoms with Crippen LogP contribution in [-0.4, -0.2) is 36.2 Å². The maximum Gasteiger partial charge on any atom is 0.455 e. The molecule has 0 aromatic carbocycles. The van der Waals surface area contributed by atoms with Gasteiger partial charge in [-0.2, -0.15) is 40.2 Å². The second-order valence-corrected chi connectivity index (χ2v) is 7.55. The van der Waals surface area contributed by atoms with E-state index in [1.54, 1.807) is 22.6 Å². The van der Waals surface area contributed by atoms with E-state index in [0.717, 1.165) is 24.7 Å². The van der Waals surface area contributed by atoms with E-state index in [0.29, 0.717) is 8.38 Å². The SMILES string of the molecule is FC(F)(F)c1ccc2nc(-c3cc4cnn(CC(F)(F)C(F)(F)F)c4cn3)c(I)n2c1. The summed E-state index contributed by atoms with van der Waals surface area (Å²) in [5.74, 6) is -4.99. The second kappa shape index (κ2) is 7.00. The first-order valence-corrected chi connectivity index (χ1v) is 9.37. The van der Waals surface area contributed by atoms with Crippen LogP contribution in [0, 0.1) is 3.70 Å². The van der Waals surface area contributed by atoms with E-state index < -0.39 is 30.4 Å². The van der Waals surface area contributed by atoms with E-state index >= 15 is 0 Å². The molecule has 0 saturated carbocycles. The van der Waals surface area contributed by atoms with Gasteiger partial charge in [0.05, 0.1) is 29.2 Å². The highest BCUT2D eigenvalue weighted by Crippen LogP contribution is 2.37. The van der Waals surface area contributed by atoms with E-state index in [1.165, 1.54) is 16.5 Å². The van der Waals surface area contributed by atoms with Crippen LogP contribution < -0.4 is 0 Å². The first kappa shape index (κ1) is 21.7. The first-order valence-electron chi connectivity index (χ1n) is 8.29. The molecule has 0 saturated heterocycles. The standard InChI is InChI=1S/C17H8F8IN5/c18-15(19,17(23,24)25)7-31-11-5-27-10(3-8(11)4-28-31)13-14(26)30-6-9(16(20,21)22)1-2-12(30)29-13/h1-6H,7H2. The van der Waals surface area contributed by atoms with E-state index in [-0.39, 0.29) is 27.9 Å². The number of rotatable bonds is 3. The van der Waals surface area contributed by atoms with Crippen LogP contribution in [0.15, 0.2) is 36.8 Å². The highest BCUT2D eigenvalue weighted by Gasteiger charge is 2.57. The summed E-state index contributed by atoms with van der Waals surface area (Å²) in [6, 6.07) is 3.42. The molecule has 164 valence electrons. The van der Waals surface area contributed by atoms with Gasteiger partial charge in [-0.05, 0) is 40.8 Å². The van der Waals surface area contributed by atoms with Crippen molar-refractivity contribution in [3.05, 3.63) is 46.1 Å².